The third-order valence-corrected chi connectivity index (χ3v) is 6.41. The number of thiocarbonyl (C=S) groups is 1. The summed E-state index contributed by atoms with van der Waals surface area (Å²) in [4.78, 5) is 14.6. The number of hydrogen-bond acceptors (Lipinski definition) is 4. The average molecular weight is 420 g/mol. The molecular formula is C23H21N3OS2. The molecule has 1 aliphatic rings. The Balaban J connectivity index is 1.35. The monoisotopic (exact) mass is 419 g/mol. The van der Waals surface area contributed by atoms with Crippen LogP contribution in [0.15, 0.2) is 72.8 Å². The molecule has 0 saturated carbocycles. The molecule has 29 heavy (non-hydrogen) atoms. The van der Waals surface area contributed by atoms with Crippen LogP contribution in [0, 0.1) is 0 Å². The fraction of sp³-hybridized carbons (Fsp3) is 0.130. The van der Waals surface area contributed by atoms with E-state index in [9.17, 15) is 4.79 Å². The molecule has 4 rings (SSSR count). The SMILES string of the molecule is Nc1ccccc1NC(=O)c1ccc(CSC(=S)N2CCc3ccccc32)cc1. The number of anilines is 3. The lowest BCUT2D eigenvalue weighted by molar-refractivity contribution is 0.102. The molecular weight excluding hydrogens is 398 g/mol. The van der Waals surface area contributed by atoms with Crippen molar-refractivity contribution < 1.29 is 4.79 Å². The van der Waals surface area contributed by atoms with Crippen molar-refractivity contribution in [2.24, 2.45) is 0 Å². The van der Waals surface area contributed by atoms with Crippen LogP contribution >= 0.6 is 24.0 Å². The quantitative estimate of drug-likeness (QED) is 0.455. The molecule has 0 saturated heterocycles. The van der Waals surface area contributed by atoms with E-state index in [2.05, 4.69) is 34.5 Å². The number of nitrogens with one attached hydrogen (secondary N) is 1. The van der Waals surface area contributed by atoms with Gasteiger partial charge in [0.25, 0.3) is 5.91 Å². The number of para-hydroxylation sites is 3. The van der Waals surface area contributed by atoms with E-state index >= 15 is 0 Å². The van der Waals surface area contributed by atoms with Crippen molar-refractivity contribution in [1.82, 2.24) is 0 Å². The van der Waals surface area contributed by atoms with Crippen molar-refractivity contribution in [1.29, 1.82) is 0 Å². The summed E-state index contributed by atoms with van der Waals surface area (Å²) in [6.07, 6.45) is 1.03. The molecule has 146 valence electrons. The Morgan fingerprint density at radius 2 is 1.76 bits per heavy atom. The second-order valence-electron chi connectivity index (χ2n) is 6.82. The van der Waals surface area contributed by atoms with Crippen molar-refractivity contribution in [2.75, 3.05) is 22.5 Å². The van der Waals surface area contributed by atoms with Gasteiger partial charge in [0, 0.05) is 23.5 Å². The summed E-state index contributed by atoms with van der Waals surface area (Å²) in [5.41, 5.74) is 11.3. The van der Waals surface area contributed by atoms with E-state index in [0.29, 0.717) is 16.9 Å². The first-order chi connectivity index (χ1) is 14.1. The van der Waals surface area contributed by atoms with Crippen LogP contribution in [0.2, 0.25) is 0 Å². The minimum absolute atomic E-state index is 0.175. The van der Waals surface area contributed by atoms with E-state index in [1.54, 1.807) is 23.9 Å². The van der Waals surface area contributed by atoms with Crippen LogP contribution in [0.5, 0.6) is 0 Å². The van der Waals surface area contributed by atoms with Gasteiger partial charge in [0.05, 0.1) is 11.4 Å². The number of fused-ring (bicyclic) bond motifs is 1. The molecule has 1 heterocycles. The summed E-state index contributed by atoms with van der Waals surface area (Å²) in [5, 5.41) is 2.85. The zero-order valence-corrected chi connectivity index (χ0v) is 17.4. The van der Waals surface area contributed by atoms with Crippen molar-refractivity contribution in [3.8, 4) is 0 Å². The zero-order chi connectivity index (χ0) is 20.2. The van der Waals surface area contributed by atoms with Crippen LogP contribution in [0.25, 0.3) is 0 Å². The van der Waals surface area contributed by atoms with Crippen molar-refractivity contribution >= 4 is 51.3 Å². The largest absolute Gasteiger partial charge is 0.397 e. The molecule has 1 amide bonds. The number of nitrogens with two attached hydrogens (primary N) is 1. The molecule has 3 aromatic carbocycles. The number of carbonyl (C=O) groups is 1. The maximum absolute atomic E-state index is 12.4. The number of benzene rings is 3. The second-order valence-corrected chi connectivity index (χ2v) is 8.43. The van der Waals surface area contributed by atoms with E-state index < -0.39 is 0 Å². The highest BCUT2D eigenvalue weighted by atomic mass is 32.2. The molecule has 4 nitrogen and oxygen atoms in total. The van der Waals surface area contributed by atoms with Gasteiger partial charge in [-0.25, -0.2) is 0 Å². The Labute approximate surface area is 180 Å². The first-order valence-electron chi connectivity index (χ1n) is 9.39. The van der Waals surface area contributed by atoms with E-state index in [1.165, 1.54) is 11.3 Å². The summed E-state index contributed by atoms with van der Waals surface area (Å²) < 4.78 is 0.885. The molecule has 3 N–H and O–H groups in total. The van der Waals surface area contributed by atoms with Gasteiger partial charge in [0.1, 0.15) is 4.32 Å². The molecule has 0 radical (unpaired) electrons. The standard InChI is InChI=1S/C23H21N3OS2/c24-19-6-2-3-7-20(19)25-22(27)18-11-9-16(10-12-18)15-29-23(28)26-14-13-17-5-1-4-8-21(17)26/h1-12H,13-15,24H2,(H,25,27). The summed E-state index contributed by atoms with van der Waals surface area (Å²) in [6.45, 7) is 0.937. The molecule has 1 aliphatic heterocycles. The number of nitrogens with zero attached hydrogens (tertiary/aromatic N) is 1. The number of nitrogen functional groups attached to an aromatic ring is 1. The minimum atomic E-state index is -0.175. The van der Waals surface area contributed by atoms with Crippen molar-refractivity contribution in [3.05, 3.63) is 89.5 Å². The fourth-order valence-electron chi connectivity index (χ4n) is 3.31. The maximum Gasteiger partial charge on any atom is 0.255 e. The van der Waals surface area contributed by atoms with Gasteiger partial charge in [-0.15, -0.1) is 0 Å². The Hall–Kier alpha value is -2.83. The highest BCUT2D eigenvalue weighted by molar-refractivity contribution is 8.22. The maximum atomic E-state index is 12.4. The van der Waals surface area contributed by atoms with Gasteiger partial charge in [0.2, 0.25) is 0 Å². The van der Waals surface area contributed by atoms with Gasteiger partial charge in [0.15, 0.2) is 0 Å². The van der Waals surface area contributed by atoms with Crippen LogP contribution in [0.4, 0.5) is 17.1 Å². The van der Waals surface area contributed by atoms with Crippen LogP contribution in [0.3, 0.4) is 0 Å². The third kappa shape index (κ3) is 4.44. The lowest BCUT2D eigenvalue weighted by Crippen LogP contribution is -2.24. The topological polar surface area (TPSA) is 58.4 Å². The highest BCUT2D eigenvalue weighted by Gasteiger charge is 2.21. The predicted molar refractivity (Wildman–Crippen MR) is 127 cm³/mol. The van der Waals surface area contributed by atoms with Gasteiger partial charge in [-0.05, 0) is 47.9 Å². The number of amides is 1. The van der Waals surface area contributed by atoms with Crippen LogP contribution < -0.4 is 16.0 Å². The molecule has 0 aliphatic carbocycles. The molecule has 3 aromatic rings. The number of rotatable bonds is 4. The number of hydrogen-bond donors (Lipinski definition) is 2. The summed E-state index contributed by atoms with van der Waals surface area (Å²) in [5.74, 6) is 0.594. The lowest BCUT2D eigenvalue weighted by Gasteiger charge is -2.19. The average Bonchev–Trinajstić information content (AvgIpc) is 3.18. The first-order valence-corrected chi connectivity index (χ1v) is 10.8. The molecule has 0 fully saturated rings. The number of carbonyl (C=O) groups excluding carboxylic acids is 1. The lowest BCUT2D eigenvalue weighted by atomic mass is 10.1. The van der Waals surface area contributed by atoms with Crippen molar-refractivity contribution in [2.45, 2.75) is 12.2 Å². The van der Waals surface area contributed by atoms with Crippen molar-refractivity contribution in [3.63, 3.8) is 0 Å². The van der Waals surface area contributed by atoms with E-state index in [-0.39, 0.29) is 5.91 Å². The van der Waals surface area contributed by atoms with Crippen LogP contribution in [-0.2, 0) is 12.2 Å². The Morgan fingerprint density at radius 1 is 1.03 bits per heavy atom. The molecule has 0 bridgehead atoms. The fourth-order valence-corrected chi connectivity index (χ4v) is 4.50. The Morgan fingerprint density at radius 3 is 2.55 bits per heavy atom. The molecule has 0 atom stereocenters. The minimum Gasteiger partial charge on any atom is -0.397 e. The molecule has 0 unspecified atom stereocenters. The smallest absolute Gasteiger partial charge is 0.255 e. The first kappa shape index (κ1) is 19.5. The highest BCUT2D eigenvalue weighted by Crippen LogP contribution is 2.31. The summed E-state index contributed by atoms with van der Waals surface area (Å²) in [7, 11) is 0. The van der Waals surface area contributed by atoms with E-state index in [4.69, 9.17) is 18.0 Å². The Bertz CT molecular complexity index is 1050. The van der Waals surface area contributed by atoms with Crippen LogP contribution in [0.1, 0.15) is 21.5 Å². The zero-order valence-electron chi connectivity index (χ0n) is 15.8. The van der Waals surface area contributed by atoms with Gasteiger partial charge < -0.3 is 16.0 Å². The van der Waals surface area contributed by atoms with Gasteiger partial charge >= 0.3 is 0 Å². The second kappa shape index (κ2) is 8.68. The normalized spacial score (nSPS) is 12.5. The summed E-state index contributed by atoms with van der Waals surface area (Å²) >= 11 is 7.30. The number of thioether (sulfide) groups is 1. The van der Waals surface area contributed by atoms with Crippen LogP contribution in [-0.4, -0.2) is 16.8 Å². The van der Waals surface area contributed by atoms with Gasteiger partial charge in [-0.2, -0.15) is 0 Å². The third-order valence-electron chi connectivity index (χ3n) is 4.89. The van der Waals surface area contributed by atoms with Gasteiger partial charge in [-0.3, -0.25) is 4.79 Å². The molecule has 0 aromatic heterocycles. The molecule has 0 spiro atoms. The predicted octanol–water partition coefficient (Wildman–Crippen LogP) is 5.10. The molecule has 6 heteroatoms. The Kier molecular flexibility index (Phi) is 5.83. The van der Waals surface area contributed by atoms with E-state index in [0.717, 1.165) is 28.6 Å². The summed E-state index contributed by atoms with van der Waals surface area (Å²) in [6, 6.07) is 23.2. The van der Waals surface area contributed by atoms with Gasteiger partial charge in [-0.1, -0.05) is 66.4 Å². The van der Waals surface area contributed by atoms with E-state index in [1.807, 2.05) is 36.4 Å².